The molecule has 9 heteroatoms. The van der Waals surface area contributed by atoms with E-state index in [1.165, 1.54) is 21.5 Å². The van der Waals surface area contributed by atoms with Crippen LogP contribution in [0.4, 0.5) is 11.9 Å². The monoisotopic (exact) mass is 678 g/mol. The quantitative estimate of drug-likeness (QED) is 0.194. The standard InChI is InChI=1S/C22H24N4O.C20H22N4/c1-16(27)24-20-7-4-13-26(14-11-20)22-23-12-10-21(25-22)19-9-8-17-5-2-3-6-18(17)15-19;21-18-6-3-12-24(13-10-18)20-22-11-9-19(23-20)17-8-7-15-4-1-2-5-16(15)14-17/h2-3,5-6,8-10,12,15,20H,4,7,11,13-14H2,1H3,(H,24,27);1-2,4-5,7-9,11,14,18H,3,6,10,12-13,21H2. The van der Waals surface area contributed by atoms with Crippen molar-refractivity contribution in [3.63, 3.8) is 0 Å². The lowest BCUT2D eigenvalue weighted by atomic mass is 10.1. The van der Waals surface area contributed by atoms with E-state index in [-0.39, 0.29) is 11.9 Å². The number of anilines is 2. The first-order chi connectivity index (χ1) is 25.0. The van der Waals surface area contributed by atoms with Gasteiger partial charge in [0.05, 0.1) is 11.4 Å². The molecule has 2 aliphatic rings. The Morgan fingerprint density at radius 3 is 1.69 bits per heavy atom. The molecule has 51 heavy (non-hydrogen) atoms. The van der Waals surface area contributed by atoms with E-state index >= 15 is 0 Å². The average Bonchev–Trinajstić information content (AvgIpc) is 3.54. The molecule has 2 fully saturated rings. The van der Waals surface area contributed by atoms with Crippen LogP contribution in [-0.4, -0.2) is 64.1 Å². The van der Waals surface area contributed by atoms with Crippen LogP contribution in [0.3, 0.4) is 0 Å². The zero-order valence-corrected chi connectivity index (χ0v) is 29.3. The van der Waals surface area contributed by atoms with Gasteiger partial charge >= 0.3 is 0 Å². The third-order valence-corrected chi connectivity index (χ3v) is 9.85. The van der Waals surface area contributed by atoms with Gasteiger partial charge in [-0.25, -0.2) is 19.9 Å². The number of nitrogens with one attached hydrogen (secondary N) is 1. The second-order valence-electron chi connectivity index (χ2n) is 13.6. The number of fused-ring (bicyclic) bond motifs is 2. The number of amides is 1. The second-order valence-corrected chi connectivity index (χ2v) is 13.6. The molecule has 2 atom stereocenters. The SMILES string of the molecule is CC(=O)NC1CCCN(c2nccc(-c3ccc4ccccc4c3)n2)CC1.NC1CCCN(c2nccc(-c3ccc4ccccc4c3)n2)CC1. The molecule has 6 aromatic rings. The molecule has 8 rings (SSSR count). The summed E-state index contributed by atoms with van der Waals surface area (Å²) in [6.07, 6.45) is 9.83. The Morgan fingerprint density at radius 1 is 0.627 bits per heavy atom. The van der Waals surface area contributed by atoms with Gasteiger partial charge in [-0.3, -0.25) is 4.79 Å². The first kappa shape index (κ1) is 34.1. The van der Waals surface area contributed by atoms with Crippen LogP contribution >= 0.6 is 0 Å². The summed E-state index contributed by atoms with van der Waals surface area (Å²) in [6.45, 7) is 5.26. The fourth-order valence-corrected chi connectivity index (χ4v) is 7.07. The summed E-state index contributed by atoms with van der Waals surface area (Å²) < 4.78 is 0. The summed E-state index contributed by atoms with van der Waals surface area (Å²) in [7, 11) is 0. The van der Waals surface area contributed by atoms with Gasteiger partial charge in [0.25, 0.3) is 0 Å². The predicted molar refractivity (Wildman–Crippen MR) is 208 cm³/mol. The first-order valence-electron chi connectivity index (χ1n) is 18.2. The molecule has 2 aromatic heterocycles. The lowest BCUT2D eigenvalue weighted by molar-refractivity contribution is -0.119. The number of hydrogen-bond donors (Lipinski definition) is 2. The van der Waals surface area contributed by atoms with Gasteiger partial charge in [0.1, 0.15) is 0 Å². The van der Waals surface area contributed by atoms with E-state index in [9.17, 15) is 4.79 Å². The molecular formula is C42H46N8O. The highest BCUT2D eigenvalue weighted by molar-refractivity contribution is 5.87. The Bertz CT molecular complexity index is 2100. The second kappa shape index (κ2) is 16.1. The van der Waals surface area contributed by atoms with E-state index in [0.29, 0.717) is 6.04 Å². The number of hydrogen-bond acceptors (Lipinski definition) is 8. The minimum atomic E-state index is 0.0444. The average molecular weight is 679 g/mol. The molecule has 2 unspecified atom stereocenters. The van der Waals surface area contributed by atoms with Crippen molar-refractivity contribution in [2.24, 2.45) is 5.73 Å². The van der Waals surface area contributed by atoms with Crippen molar-refractivity contribution in [1.82, 2.24) is 25.3 Å². The summed E-state index contributed by atoms with van der Waals surface area (Å²) in [6, 6.07) is 34.2. The molecule has 0 bridgehead atoms. The summed E-state index contributed by atoms with van der Waals surface area (Å²) >= 11 is 0. The first-order valence-corrected chi connectivity index (χ1v) is 18.2. The van der Waals surface area contributed by atoms with E-state index in [0.717, 1.165) is 99.1 Å². The van der Waals surface area contributed by atoms with E-state index in [1.54, 1.807) is 6.92 Å². The molecule has 4 aromatic carbocycles. The van der Waals surface area contributed by atoms with E-state index < -0.39 is 0 Å². The van der Waals surface area contributed by atoms with Crippen LogP contribution in [-0.2, 0) is 4.79 Å². The molecule has 2 saturated heterocycles. The maximum atomic E-state index is 11.3. The maximum absolute atomic E-state index is 11.3. The van der Waals surface area contributed by atoms with Gasteiger partial charge in [-0.05, 0) is 84.3 Å². The molecule has 0 saturated carbocycles. The largest absolute Gasteiger partial charge is 0.354 e. The topological polar surface area (TPSA) is 113 Å². The van der Waals surface area contributed by atoms with Gasteiger partial charge in [0, 0.05) is 68.7 Å². The lowest BCUT2D eigenvalue weighted by Crippen LogP contribution is -2.34. The van der Waals surface area contributed by atoms with Gasteiger partial charge in [0.2, 0.25) is 17.8 Å². The minimum absolute atomic E-state index is 0.0444. The van der Waals surface area contributed by atoms with Crippen molar-refractivity contribution < 1.29 is 4.79 Å². The van der Waals surface area contributed by atoms with Crippen LogP contribution in [0.2, 0.25) is 0 Å². The van der Waals surface area contributed by atoms with Gasteiger partial charge in [-0.1, -0.05) is 72.8 Å². The Morgan fingerprint density at radius 2 is 1.14 bits per heavy atom. The number of nitrogens with zero attached hydrogens (tertiary/aromatic N) is 6. The van der Waals surface area contributed by atoms with E-state index in [4.69, 9.17) is 15.7 Å². The van der Waals surface area contributed by atoms with Crippen molar-refractivity contribution in [3.8, 4) is 22.5 Å². The van der Waals surface area contributed by atoms with Crippen molar-refractivity contribution in [2.45, 2.75) is 57.5 Å². The fourth-order valence-electron chi connectivity index (χ4n) is 7.07. The van der Waals surface area contributed by atoms with Crippen LogP contribution in [0, 0.1) is 0 Å². The number of aromatic nitrogens is 4. The number of rotatable bonds is 5. The molecule has 0 aliphatic carbocycles. The van der Waals surface area contributed by atoms with Crippen molar-refractivity contribution >= 4 is 39.3 Å². The molecule has 3 N–H and O–H groups in total. The summed E-state index contributed by atoms with van der Waals surface area (Å²) in [4.78, 5) is 34.5. The fraction of sp³-hybridized carbons (Fsp3) is 0.310. The van der Waals surface area contributed by atoms with Gasteiger partial charge in [-0.15, -0.1) is 0 Å². The molecule has 0 spiro atoms. The van der Waals surface area contributed by atoms with Gasteiger partial charge < -0.3 is 20.9 Å². The van der Waals surface area contributed by atoms with Crippen molar-refractivity contribution in [1.29, 1.82) is 0 Å². The van der Waals surface area contributed by atoms with Gasteiger partial charge in [-0.2, -0.15) is 0 Å². The van der Waals surface area contributed by atoms with E-state index in [1.807, 2.05) is 24.5 Å². The highest BCUT2D eigenvalue weighted by Crippen LogP contribution is 2.26. The molecular weight excluding hydrogens is 633 g/mol. The minimum Gasteiger partial charge on any atom is -0.354 e. The van der Waals surface area contributed by atoms with Gasteiger partial charge in [0.15, 0.2) is 0 Å². The Balaban J connectivity index is 0.000000160. The zero-order chi connectivity index (χ0) is 35.0. The lowest BCUT2D eigenvalue weighted by Gasteiger charge is -2.21. The highest BCUT2D eigenvalue weighted by atomic mass is 16.1. The van der Waals surface area contributed by atoms with Crippen LogP contribution in [0.5, 0.6) is 0 Å². The normalized spacial score (nSPS) is 18.0. The number of nitrogens with two attached hydrogens (primary N) is 1. The highest BCUT2D eigenvalue weighted by Gasteiger charge is 2.20. The third kappa shape index (κ3) is 8.67. The van der Waals surface area contributed by atoms with Crippen molar-refractivity contribution in [2.75, 3.05) is 36.0 Å². The molecule has 0 radical (unpaired) electrons. The smallest absolute Gasteiger partial charge is 0.225 e. The Labute approximate surface area is 300 Å². The van der Waals surface area contributed by atoms with Crippen LogP contribution in [0.15, 0.2) is 109 Å². The van der Waals surface area contributed by atoms with E-state index in [2.05, 4.69) is 110 Å². The maximum Gasteiger partial charge on any atom is 0.225 e. The summed E-state index contributed by atoms with van der Waals surface area (Å²) in [5.74, 6) is 1.63. The molecule has 1 amide bonds. The number of carbonyl (C=O) groups excluding carboxylic acids is 1. The predicted octanol–water partition coefficient (Wildman–Crippen LogP) is 7.41. The molecule has 4 heterocycles. The van der Waals surface area contributed by atoms with Crippen LogP contribution < -0.4 is 20.9 Å². The zero-order valence-electron chi connectivity index (χ0n) is 29.3. The number of benzene rings is 4. The molecule has 9 nitrogen and oxygen atoms in total. The Kier molecular flexibility index (Phi) is 10.7. The van der Waals surface area contributed by atoms with Crippen molar-refractivity contribution in [3.05, 3.63) is 109 Å². The third-order valence-electron chi connectivity index (χ3n) is 9.85. The molecule has 260 valence electrons. The Hall–Kier alpha value is -5.41. The van der Waals surface area contributed by atoms with Crippen LogP contribution in [0.1, 0.15) is 45.4 Å². The number of carbonyl (C=O) groups is 1. The van der Waals surface area contributed by atoms with Crippen LogP contribution in [0.25, 0.3) is 44.1 Å². The summed E-state index contributed by atoms with van der Waals surface area (Å²) in [5.41, 5.74) is 10.2. The summed E-state index contributed by atoms with van der Waals surface area (Å²) in [5, 5.41) is 7.96. The molecule has 2 aliphatic heterocycles.